The van der Waals surface area contributed by atoms with Gasteiger partial charge >= 0.3 is 0 Å². The molecule has 4 rings (SSSR count). The molecule has 6 nitrogen and oxygen atoms in total. The van der Waals surface area contributed by atoms with Crippen molar-refractivity contribution in [1.82, 2.24) is 15.0 Å². The maximum absolute atomic E-state index is 5.78. The SMILES string of the molecule is Cc1cc(Nc2ncc(-c3ccccn3)s2)nc(OC2COC2)c1. The number of anilines is 2. The zero-order valence-corrected chi connectivity index (χ0v) is 13.9. The lowest BCUT2D eigenvalue weighted by molar-refractivity contribution is -0.0813. The Morgan fingerprint density at radius 2 is 2.17 bits per heavy atom. The van der Waals surface area contributed by atoms with E-state index in [1.54, 1.807) is 6.20 Å². The molecule has 4 heterocycles. The van der Waals surface area contributed by atoms with Crippen molar-refractivity contribution in [2.45, 2.75) is 13.0 Å². The summed E-state index contributed by atoms with van der Waals surface area (Å²) in [5, 5.41) is 4.01. The van der Waals surface area contributed by atoms with Gasteiger partial charge in [-0.1, -0.05) is 17.4 Å². The van der Waals surface area contributed by atoms with Crippen molar-refractivity contribution in [3.8, 4) is 16.5 Å². The molecular formula is C17H16N4O2S. The minimum Gasteiger partial charge on any atom is -0.469 e. The molecule has 0 spiro atoms. The molecule has 0 saturated carbocycles. The van der Waals surface area contributed by atoms with Gasteiger partial charge in [-0.3, -0.25) is 4.98 Å². The molecule has 0 aromatic carbocycles. The van der Waals surface area contributed by atoms with Crippen LogP contribution in [0.2, 0.25) is 0 Å². The number of hydrogen-bond donors (Lipinski definition) is 1. The molecular weight excluding hydrogens is 324 g/mol. The van der Waals surface area contributed by atoms with E-state index in [4.69, 9.17) is 9.47 Å². The Bertz CT molecular complexity index is 834. The monoisotopic (exact) mass is 340 g/mol. The van der Waals surface area contributed by atoms with Gasteiger partial charge in [0.15, 0.2) is 5.13 Å². The van der Waals surface area contributed by atoms with Crippen molar-refractivity contribution in [1.29, 1.82) is 0 Å². The summed E-state index contributed by atoms with van der Waals surface area (Å²) < 4.78 is 10.9. The molecule has 1 N–H and O–H groups in total. The van der Waals surface area contributed by atoms with Crippen LogP contribution in [-0.2, 0) is 4.74 Å². The predicted molar refractivity (Wildman–Crippen MR) is 92.8 cm³/mol. The van der Waals surface area contributed by atoms with Gasteiger partial charge in [-0.2, -0.15) is 4.98 Å². The highest BCUT2D eigenvalue weighted by Crippen LogP contribution is 2.29. The number of hydrogen-bond acceptors (Lipinski definition) is 7. The Labute approximate surface area is 143 Å². The minimum atomic E-state index is 0.0998. The van der Waals surface area contributed by atoms with Crippen LogP contribution in [0.3, 0.4) is 0 Å². The predicted octanol–water partition coefficient (Wildman–Crippen LogP) is 3.43. The van der Waals surface area contributed by atoms with Crippen molar-refractivity contribution in [2.24, 2.45) is 0 Å². The molecule has 1 aliphatic rings. The average Bonchev–Trinajstić information content (AvgIpc) is 3.00. The lowest BCUT2D eigenvalue weighted by atomic mass is 10.3. The average molecular weight is 340 g/mol. The van der Waals surface area contributed by atoms with Crippen LogP contribution in [0, 0.1) is 6.92 Å². The van der Waals surface area contributed by atoms with Gasteiger partial charge in [-0.25, -0.2) is 4.98 Å². The van der Waals surface area contributed by atoms with E-state index in [-0.39, 0.29) is 6.10 Å². The zero-order chi connectivity index (χ0) is 16.4. The Kier molecular flexibility index (Phi) is 4.10. The highest BCUT2D eigenvalue weighted by Gasteiger charge is 2.21. The van der Waals surface area contributed by atoms with Crippen molar-refractivity contribution in [2.75, 3.05) is 18.5 Å². The second kappa shape index (κ2) is 6.54. The summed E-state index contributed by atoms with van der Waals surface area (Å²) in [4.78, 5) is 14.2. The molecule has 3 aromatic rings. The van der Waals surface area contributed by atoms with E-state index in [1.807, 2.05) is 43.5 Å². The summed E-state index contributed by atoms with van der Waals surface area (Å²) in [6.45, 7) is 3.26. The smallest absolute Gasteiger partial charge is 0.215 e. The number of nitrogens with one attached hydrogen (secondary N) is 1. The van der Waals surface area contributed by atoms with Crippen LogP contribution in [0.15, 0.2) is 42.7 Å². The molecule has 0 bridgehead atoms. The molecule has 0 aliphatic carbocycles. The lowest BCUT2D eigenvalue weighted by Gasteiger charge is -2.26. The summed E-state index contributed by atoms with van der Waals surface area (Å²) in [5.74, 6) is 1.32. The Hall–Kier alpha value is -2.51. The number of ether oxygens (including phenoxy) is 2. The highest BCUT2D eigenvalue weighted by atomic mass is 32.1. The van der Waals surface area contributed by atoms with Gasteiger partial charge < -0.3 is 14.8 Å². The number of thiazole rings is 1. The van der Waals surface area contributed by atoms with E-state index in [0.29, 0.717) is 24.9 Å². The Balaban J connectivity index is 1.51. The van der Waals surface area contributed by atoms with Crippen LogP contribution in [0.25, 0.3) is 10.6 Å². The minimum absolute atomic E-state index is 0.0998. The summed E-state index contributed by atoms with van der Waals surface area (Å²) >= 11 is 1.54. The number of nitrogens with zero attached hydrogens (tertiary/aromatic N) is 3. The van der Waals surface area contributed by atoms with Crippen molar-refractivity contribution >= 4 is 22.3 Å². The third kappa shape index (κ3) is 3.37. The Morgan fingerprint density at radius 1 is 1.25 bits per heavy atom. The van der Waals surface area contributed by atoms with E-state index < -0.39 is 0 Å². The fourth-order valence-corrected chi connectivity index (χ4v) is 3.08. The van der Waals surface area contributed by atoms with Crippen LogP contribution < -0.4 is 10.1 Å². The molecule has 122 valence electrons. The molecule has 1 saturated heterocycles. The molecule has 0 radical (unpaired) electrons. The Morgan fingerprint density at radius 3 is 2.92 bits per heavy atom. The molecule has 24 heavy (non-hydrogen) atoms. The number of rotatable bonds is 5. The molecule has 1 fully saturated rings. The molecule has 3 aromatic heterocycles. The molecule has 0 amide bonds. The first-order valence-corrected chi connectivity index (χ1v) is 8.45. The van der Waals surface area contributed by atoms with E-state index >= 15 is 0 Å². The van der Waals surface area contributed by atoms with E-state index in [1.165, 1.54) is 11.3 Å². The van der Waals surface area contributed by atoms with Gasteiger partial charge in [0, 0.05) is 18.5 Å². The summed E-state index contributed by atoms with van der Waals surface area (Å²) in [7, 11) is 0. The molecule has 0 unspecified atom stereocenters. The second-order valence-corrected chi connectivity index (χ2v) is 6.55. The van der Waals surface area contributed by atoms with Crippen LogP contribution in [0.1, 0.15) is 5.56 Å². The highest BCUT2D eigenvalue weighted by molar-refractivity contribution is 7.18. The first-order valence-electron chi connectivity index (χ1n) is 7.63. The topological polar surface area (TPSA) is 69.2 Å². The van der Waals surface area contributed by atoms with Gasteiger partial charge in [-0.15, -0.1) is 0 Å². The zero-order valence-electron chi connectivity index (χ0n) is 13.1. The maximum Gasteiger partial charge on any atom is 0.215 e. The first kappa shape index (κ1) is 15.0. The van der Waals surface area contributed by atoms with E-state index in [9.17, 15) is 0 Å². The fourth-order valence-electron chi connectivity index (χ4n) is 2.28. The standard InChI is InChI=1S/C17H16N4O2S/c1-11-6-15(20-16(7-11)23-12-9-22-10-12)21-17-19-8-14(24-17)13-4-2-3-5-18-13/h2-8,12H,9-10H2,1H3,(H,19,20,21). The van der Waals surface area contributed by atoms with Crippen LogP contribution in [0.5, 0.6) is 5.88 Å². The van der Waals surface area contributed by atoms with Crippen LogP contribution in [0.4, 0.5) is 10.9 Å². The maximum atomic E-state index is 5.78. The van der Waals surface area contributed by atoms with E-state index in [0.717, 1.165) is 21.3 Å². The van der Waals surface area contributed by atoms with Gasteiger partial charge in [0.1, 0.15) is 11.9 Å². The molecule has 1 aliphatic heterocycles. The van der Waals surface area contributed by atoms with Gasteiger partial charge in [0.2, 0.25) is 5.88 Å². The van der Waals surface area contributed by atoms with E-state index in [2.05, 4.69) is 20.3 Å². The van der Waals surface area contributed by atoms with Crippen LogP contribution >= 0.6 is 11.3 Å². The number of pyridine rings is 2. The number of aromatic nitrogens is 3. The first-order chi connectivity index (χ1) is 11.8. The second-order valence-electron chi connectivity index (χ2n) is 5.51. The lowest BCUT2D eigenvalue weighted by Crippen LogP contribution is -2.38. The van der Waals surface area contributed by atoms with Gasteiger partial charge in [0.25, 0.3) is 0 Å². The van der Waals surface area contributed by atoms with Crippen molar-refractivity contribution in [3.63, 3.8) is 0 Å². The summed E-state index contributed by atoms with van der Waals surface area (Å²) in [5.41, 5.74) is 1.98. The van der Waals surface area contributed by atoms with Crippen molar-refractivity contribution in [3.05, 3.63) is 48.3 Å². The largest absolute Gasteiger partial charge is 0.469 e. The van der Waals surface area contributed by atoms with Crippen LogP contribution in [-0.4, -0.2) is 34.3 Å². The quantitative estimate of drug-likeness (QED) is 0.767. The number of aryl methyl sites for hydroxylation is 1. The molecule has 7 heteroatoms. The van der Waals surface area contributed by atoms with Crippen molar-refractivity contribution < 1.29 is 9.47 Å². The fraction of sp³-hybridized carbons (Fsp3) is 0.235. The van der Waals surface area contributed by atoms with Gasteiger partial charge in [-0.05, 0) is 30.7 Å². The summed E-state index contributed by atoms with van der Waals surface area (Å²) in [6.07, 6.45) is 3.69. The van der Waals surface area contributed by atoms with Gasteiger partial charge in [0.05, 0.1) is 23.8 Å². The molecule has 0 atom stereocenters. The normalized spacial score (nSPS) is 14.2. The summed E-state index contributed by atoms with van der Waals surface area (Å²) in [6, 6.07) is 9.71. The third-order valence-corrected chi connectivity index (χ3v) is 4.43. The third-order valence-electron chi connectivity index (χ3n) is 3.50.